The van der Waals surface area contributed by atoms with Gasteiger partial charge in [0, 0.05) is 37.8 Å². The van der Waals surface area contributed by atoms with Crippen molar-refractivity contribution in [3.63, 3.8) is 0 Å². The molecule has 16 heteroatoms. The fourth-order valence-electron chi connectivity index (χ4n) is 4.00. The van der Waals surface area contributed by atoms with Gasteiger partial charge in [0.05, 0.1) is 18.7 Å². The predicted molar refractivity (Wildman–Crippen MR) is 145 cm³/mol. The summed E-state index contributed by atoms with van der Waals surface area (Å²) in [4.78, 5) is 54.9. The molecule has 2 rings (SSSR count). The van der Waals surface area contributed by atoms with Crippen LogP contribution in [0.3, 0.4) is 0 Å². The molecule has 0 bridgehead atoms. The summed E-state index contributed by atoms with van der Waals surface area (Å²) in [6.45, 7) is 3.61. The van der Waals surface area contributed by atoms with E-state index in [0.717, 1.165) is 4.57 Å². The lowest BCUT2D eigenvalue weighted by Crippen LogP contribution is -2.52. The molecular formula is C24H39N9O7. The summed E-state index contributed by atoms with van der Waals surface area (Å²) in [6.07, 6.45) is 1.69. The van der Waals surface area contributed by atoms with Crippen molar-refractivity contribution in [2.45, 2.75) is 70.2 Å². The first-order chi connectivity index (χ1) is 18.7. The molecule has 1 aromatic heterocycles. The van der Waals surface area contributed by atoms with Gasteiger partial charge in [-0.1, -0.05) is 19.9 Å². The Kier molecular flexibility index (Phi) is 11.6. The van der Waals surface area contributed by atoms with Crippen LogP contribution in [0.5, 0.6) is 0 Å². The van der Waals surface area contributed by atoms with Crippen molar-refractivity contribution < 1.29 is 29.3 Å². The molecule has 222 valence electrons. The molecule has 0 radical (unpaired) electrons. The normalized spacial score (nSPS) is 20.0. The van der Waals surface area contributed by atoms with E-state index in [2.05, 4.69) is 15.6 Å². The minimum absolute atomic E-state index is 0.149. The number of carbonyl (C=O) groups is 3. The maximum atomic E-state index is 13.0. The van der Waals surface area contributed by atoms with E-state index in [0.29, 0.717) is 6.42 Å². The number of carboxylic acids is 1. The molecule has 2 heterocycles. The summed E-state index contributed by atoms with van der Waals surface area (Å²) >= 11 is 0. The molecule has 0 saturated heterocycles. The van der Waals surface area contributed by atoms with E-state index >= 15 is 0 Å². The van der Waals surface area contributed by atoms with Gasteiger partial charge in [-0.15, -0.1) is 0 Å². The van der Waals surface area contributed by atoms with Crippen molar-refractivity contribution in [3.8, 4) is 0 Å². The average Bonchev–Trinajstić information content (AvgIpc) is 2.86. The predicted octanol–water partition coefficient (Wildman–Crippen LogP) is -2.20. The number of aromatic nitrogens is 2. The number of hydrogen-bond donors (Lipinski definition) is 8. The number of aliphatic hydroxyl groups excluding tert-OH is 1. The number of guanidine groups is 1. The van der Waals surface area contributed by atoms with Gasteiger partial charge in [-0.3, -0.25) is 19.6 Å². The van der Waals surface area contributed by atoms with E-state index in [1.54, 1.807) is 7.05 Å². The van der Waals surface area contributed by atoms with Gasteiger partial charge in [-0.05, 0) is 24.8 Å². The lowest BCUT2D eigenvalue weighted by Gasteiger charge is -2.31. The van der Waals surface area contributed by atoms with Crippen molar-refractivity contribution in [1.82, 2.24) is 25.1 Å². The second-order valence-electron chi connectivity index (χ2n) is 10.0. The Labute approximate surface area is 231 Å². The lowest BCUT2D eigenvalue weighted by atomic mass is 10.0. The second-order valence-corrected chi connectivity index (χ2v) is 10.0. The van der Waals surface area contributed by atoms with Crippen LogP contribution in [-0.2, 0) is 25.7 Å². The summed E-state index contributed by atoms with van der Waals surface area (Å²) in [7, 11) is 1.59. The van der Waals surface area contributed by atoms with Crippen molar-refractivity contribution in [2.75, 3.05) is 19.3 Å². The lowest BCUT2D eigenvalue weighted by molar-refractivity contribution is -0.159. The average molecular weight is 566 g/mol. The van der Waals surface area contributed by atoms with E-state index < -0.39 is 60.5 Å². The molecule has 0 unspecified atom stereocenters. The van der Waals surface area contributed by atoms with Crippen LogP contribution in [0.2, 0.25) is 0 Å². The van der Waals surface area contributed by atoms with Gasteiger partial charge in [0.15, 0.2) is 18.3 Å². The maximum absolute atomic E-state index is 13.0. The van der Waals surface area contributed by atoms with E-state index in [1.165, 1.54) is 23.2 Å². The smallest absolute Gasteiger partial charge is 0.351 e. The number of aliphatic hydroxyl groups is 1. The van der Waals surface area contributed by atoms with E-state index in [4.69, 9.17) is 27.3 Å². The Balaban J connectivity index is 2.17. The highest BCUT2D eigenvalue weighted by molar-refractivity contribution is 5.84. The SMILES string of the molecule is CC(C)C[C@H](N)C(=O)N[C@H](CCN(C)C(=N)N)CC(=O)N[C@@H]1C=C[C@@H](n2cc(CO)c(N)nc2=O)O[C@H]1C(=O)O. The standard InChI is InChI=1S/C24H39N9O7/c1-12(2)8-15(25)21(36)29-14(6-7-32(3)23(27)28)9-17(35)30-16-4-5-18(40-19(16)22(37)38)33-10-13(11-34)20(26)31-24(33)39/h4-5,10,12,14-16,18-19,34H,6-9,11,25H2,1-3H3,(H3,27,28)(H,29,36)(H,30,35)(H,37,38)(H2,26,31,39)/t14-,15+,16-,18+,19-/m1/s1. The number of aliphatic carboxylic acids is 1. The first-order valence-corrected chi connectivity index (χ1v) is 12.7. The zero-order valence-corrected chi connectivity index (χ0v) is 22.7. The highest BCUT2D eigenvalue weighted by Gasteiger charge is 2.35. The van der Waals surface area contributed by atoms with E-state index in [9.17, 15) is 29.4 Å². The van der Waals surface area contributed by atoms with Crippen molar-refractivity contribution in [1.29, 1.82) is 5.41 Å². The van der Waals surface area contributed by atoms with Crippen LogP contribution in [0.1, 0.15) is 44.9 Å². The Bertz CT molecular complexity index is 1170. The number of nitrogens with zero attached hydrogens (tertiary/aromatic N) is 3. The number of amides is 2. The highest BCUT2D eigenvalue weighted by Crippen LogP contribution is 2.22. The topological polar surface area (TPSA) is 265 Å². The number of carboxylic acid groups (broad SMARTS) is 1. The summed E-state index contributed by atoms with van der Waals surface area (Å²) in [5.74, 6) is -2.58. The number of nitrogen functional groups attached to an aromatic ring is 1. The van der Waals surface area contributed by atoms with Crippen LogP contribution in [0.4, 0.5) is 5.82 Å². The van der Waals surface area contributed by atoms with Crippen LogP contribution >= 0.6 is 0 Å². The first-order valence-electron chi connectivity index (χ1n) is 12.7. The Hall–Kier alpha value is -4.02. The molecular weight excluding hydrogens is 526 g/mol. The van der Waals surface area contributed by atoms with Gasteiger partial charge in [-0.2, -0.15) is 4.98 Å². The summed E-state index contributed by atoms with van der Waals surface area (Å²) in [6, 6.07) is -2.57. The van der Waals surface area contributed by atoms with Crippen LogP contribution < -0.4 is 33.5 Å². The van der Waals surface area contributed by atoms with Crippen LogP contribution in [0, 0.1) is 11.3 Å². The third kappa shape index (κ3) is 9.03. The third-order valence-corrected chi connectivity index (χ3v) is 6.24. The molecule has 0 aliphatic carbocycles. The molecule has 40 heavy (non-hydrogen) atoms. The highest BCUT2D eigenvalue weighted by atomic mass is 16.5. The molecule has 0 fully saturated rings. The minimum atomic E-state index is -1.57. The largest absolute Gasteiger partial charge is 0.479 e. The minimum Gasteiger partial charge on any atom is -0.479 e. The van der Waals surface area contributed by atoms with E-state index in [1.807, 2.05) is 13.8 Å². The number of anilines is 1. The molecule has 1 aliphatic rings. The Morgan fingerprint density at radius 2 is 1.98 bits per heavy atom. The number of ether oxygens (including phenoxy) is 1. The van der Waals surface area contributed by atoms with Gasteiger partial charge < -0.3 is 47.7 Å². The zero-order chi connectivity index (χ0) is 30.1. The van der Waals surface area contributed by atoms with Crippen LogP contribution in [0.25, 0.3) is 0 Å². The first kappa shape index (κ1) is 32.2. The molecule has 1 aliphatic heterocycles. The van der Waals surface area contributed by atoms with Gasteiger partial charge in [-0.25, -0.2) is 9.59 Å². The molecule has 16 nitrogen and oxygen atoms in total. The zero-order valence-electron chi connectivity index (χ0n) is 22.7. The fourth-order valence-corrected chi connectivity index (χ4v) is 4.00. The number of carbonyl (C=O) groups excluding carboxylic acids is 2. The molecule has 1 aromatic rings. The molecule has 0 saturated carbocycles. The summed E-state index contributed by atoms with van der Waals surface area (Å²) < 4.78 is 6.56. The van der Waals surface area contributed by atoms with Crippen LogP contribution in [-0.4, -0.2) is 86.2 Å². The number of nitrogens with two attached hydrogens (primary N) is 3. The van der Waals surface area contributed by atoms with Gasteiger partial charge in [0.2, 0.25) is 11.8 Å². The Morgan fingerprint density at radius 1 is 1.30 bits per heavy atom. The van der Waals surface area contributed by atoms with Gasteiger partial charge >= 0.3 is 11.7 Å². The monoisotopic (exact) mass is 565 g/mol. The number of hydrogen-bond acceptors (Lipinski definition) is 10. The molecule has 2 amide bonds. The number of nitrogens with one attached hydrogen (secondary N) is 3. The molecule has 0 aromatic carbocycles. The molecule has 0 spiro atoms. The van der Waals surface area contributed by atoms with Gasteiger partial charge in [0.1, 0.15) is 5.82 Å². The second kappa shape index (κ2) is 14.4. The quantitative estimate of drug-likeness (QED) is 0.0719. The summed E-state index contributed by atoms with van der Waals surface area (Å²) in [5.41, 5.74) is 16.4. The molecule has 5 atom stereocenters. The third-order valence-electron chi connectivity index (χ3n) is 6.24. The maximum Gasteiger partial charge on any atom is 0.351 e. The molecule has 11 N–H and O–H groups in total. The van der Waals surface area contributed by atoms with E-state index in [-0.39, 0.29) is 42.6 Å². The van der Waals surface area contributed by atoms with Crippen molar-refractivity contribution in [2.24, 2.45) is 17.4 Å². The van der Waals surface area contributed by atoms with Crippen molar-refractivity contribution in [3.05, 3.63) is 34.4 Å². The van der Waals surface area contributed by atoms with Crippen molar-refractivity contribution >= 4 is 29.6 Å². The van der Waals surface area contributed by atoms with Gasteiger partial charge in [0.25, 0.3) is 0 Å². The summed E-state index contributed by atoms with van der Waals surface area (Å²) in [5, 5.41) is 32.0. The Morgan fingerprint density at radius 3 is 2.55 bits per heavy atom. The number of rotatable bonds is 13. The fraction of sp³-hybridized carbons (Fsp3) is 0.583. The van der Waals surface area contributed by atoms with Crippen LogP contribution in [0.15, 0.2) is 23.1 Å².